The zero-order chi connectivity index (χ0) is 14.8. The minimum absolute atomic E-state index is 0.541. The van der Waals surface area contributed by atoms with Crippen molar-refractivity contribution in [1.29, 1.82) is 0 Å². The largest absolute Gasteiger partial charge is 0.365 e. The summed E-state index contributed by atoms with van der Waals surface area (Å²) in [5, 5.41) is 4.63. The molecule has 116 valence electrons. The molecule has 0 aromatic heterocycles. The molecule has 0 radical (unpaired) electrons. The van der Waals surface area contributed by atoms with Gasteiger partial charge in [-0.15, -0.1) is 0 Å². The van der Waals surface area contributed by atoms with Crippen LogP contribution >= 0.6 is 34.2 Å². The van der Waals surface area contributed by atoms with Crippen molar-refractivity contribution in [3.8, 4) is 0 Å². The average molecular weight is 419 g/mol. The maximum absolute atomic E-state index is 6.11. The summed E-state index contributed by atoms with van der Waals surface area (Å²) >= 11 is 8.52. The van der Waals surface area contributed by atoms with Crippen molar-refractivity contribution in [3.63, 3.8) is 0 Å². The summed E-state index contributed by atoms with van der Waals surface area (Å²) in [5.41, 5.74) is 1.34. The van der Waals surface area contributed by atoms with Crippen molar-refractivity contribution in [1.82, 2.24) is 5.32 Å². The molecule has 1 saturated heterocycles. The lowest BCUT2D eigenvalue weighted by Crippen LogP contribution is -2.58. The number of nitrogens with zero attached hydrogens (tertiary/aromatic N) is 1. The first-order valence-corrected chi connectivity index (χ1v) is 9.56. The van der Waals surface area contributed by atoms with Crippen LogP contribution in [0.4, 0.5) is 5.69 Å². The fraction of sp³-hybridized carbons (Fsp3) is 0.647. The molecule has 0 amide bonds. The molecular formula is C17H24ClIN2. The summed E-state index contributed by atoms with van der Waals surface area (Å²) in [6.07, 6.45) is 7.06. The minimum atomic E-state index is 0.541. The SMILES string of the molecule is CC1CNC(C2CCCCC2)CN1c1ccc(Cl)cc1I. The number of benzene rings is 1. The van der Waals surface area contributed by atoms with Crippen molar-refractivity contribution in [3.05, 3.63) is 26.8 Å². The Balaban J connectivity index is 1.76. The van der Waals surface area contributed by atoms with Gasteiger partial charge in [0.1, 0.15) is 0 Å². The van der Waals surface area contributed by atoms with Gasteiger partial charge in [0.15, 0.2) is 0 Å². The van der Waals surface area contributed by atoms with Gasteiger partial charge >= 0.3 is 0 Å². The molecule has 0 bridgehead atoms. The van der Waals surface area contributed by atoms with Gasteiger partial charge in [-0.1, -0.05) is 30.9 Å². The smallest absolute Gasteiger partial charge is 0.0506 e. The molecule has 1 heterocycles. The number of anilines is 1. The molecule has 2 aliphatic rings. The second-order valence-electron chi connectivity index (χ2n) is 6.51. The van der Waals surface area contributed by atoms with Gasteiger partial charge in [-0.05, 0) is 66.5 Å². The van der Waals surface area contributed by atoms with Gasteiger partial charge in [0.25, 0.3) is 0 Å². The van der Waals surface area contributed by atoms with E-state index in [-0.39, 0.29) is 0 Å². The van der Waals surface area contributed by atoms with Crippen LogP contribution in [-0.4, -0.2) is 25.2 Å². The first-order chi connectivity index (χ1) is 10.1. The third-order valence-corrected chi connectivity index (χ3v) is 6.14. The Kier molecular flexibility index (Phi) is 5.33. The fourth-order valence-electron chi connectivity index (χ4n) is 3.79. The van der Waals surface area contributed by atoms with Crippen LogP contribution in [0.25, 0.3) is 0 Å². The van der Waals surface area contributed by atoms with E-state index in [9.17, 15) is 0 Å². The molecule has 0 spiro atoms. The van der Waals surface area contributed by atoms with Gasteiger partial charge < -0.3 is 10.2 Å². The molecule has 1 saturated carbocycles. The number of hydrogen-bond donors (Lipinski definition) is 1. The van der Waals surface area contributed by atoms with Gasteiger partial charge in [-0.2, -0.15) is 0 Å². The molecule has 2 fully saturated rings. The molecule has 1 aliphatic heterocycles. The van der Waals surface area contributed by atoms with Crippen molar-refractivity contribution in [2.24, 2.45) is 5.92 Å². The van der Waals surface area contributed by atoms with Gasteiger partial charge in [0, 0.05) is 33.8 Å². The molecule has 21 heavy (non-hydrogen) atoms. The van der Waals surface area contributed by atoms with Gasteiger partial charge in [0.05, 0.1) is 5.69 Å². The Morgan fingerprint density at radius 2 is 2.00 bits per heavy atom. The number of nitrogens with one attached hydrogen (secondary N) is 1. The van der Waals surface area contributed by atoms with Crippen molar-refractivity contribution >= 4 is 39.9 Å². The third-order valence-electron chi connectivity index (χ3n) is 5.04. The molecule has 1 aliphatic carbocycles. The van der Waals surface area contributed by atoms with Crippen LogP contribution in [0.1, 0.15) is 39.0 Å². The van der Waals surface area contributed by atoms with E-state index in [1.807, 2.05) is 6.07 Å². The third kappa shape index (κ3) is 3.67. The highest BCUT2D eigenvalue weighted by Gasteiger charge is 2.31. The van der Waals surface area contributed by atoms with Gasteiger partial charge in [-0.25, -0.2) is 0 Å². The molecule has 2 atom stereocenters. The molecule has 1 aromatic carbocycles. The normalized spacial score (nSPS) is 27.9. The Bertz CT molecular complexity index is 488. The van der Waals surface area contributed by atoms with Crippen molar-refractivity contribution < 1.29 is 0 Å². The predicted molar refractivity (Wildman–Crippen MR) is 99.3 cm³/mol. The van der Waals surface area contributed by atoms with Gasteiger partial charge in [-0.3, -0.25) is 0 Å². The van der Waals surface area contributed by atoms with E-state index < -0.39 is 0 Å². The number of halogens is 2. The second kappa shape index (κ2) is 7.05. The molecule has 3 rings (SSSR count). The first-order valence-electron chi connectivity index (χ1n) is 8.10. The number of hydrogen-bond acceptors (Lipinski definition) is 2. The Morgan fingerprint density at radius 3 is 2.71 bits per heavy atom. The summed E-state index contributed by atoms with van der Waals surface area (Å²) in [6, 6.07) is 7.46. The van der Waals surface area contributed by atoms with E-state index in [1.54, 1.807) is 0 Å². The summed E-state index contributed by atoms with van der Waals surface area (Å²) in [5.74, 6) is 0.860. The van der Waals surface area contributed by atoms with Crippen LogP contribution in [0, 0.1) is 9.49 Å². The minimum Gasteiger partial charge on any atom is -0.365 e. The lowest BCUT2D eigenvalue weighted by molar-refractivity contribution is 0.245. The molecule has 2 unspecified atom stereocenters. The summed E-state index contributed by atoms with van der Waals surface area (Å²) in [6.45, 7) is 4.53. The second-order valence-corrected chi connectivity index (χ2v) is 8.11. The van der Waals surface area contributed by atoms with Crippen LogP contribution in [-0.2, 0) is 0 Å². The molecule has 1 N–H and O–H groups in total. The highest BCUT2D eigenvalue weighted by atomic mass is 127. The first kappa shape index (κ1) is 15.9. The molecular weight excluding hydrogens is 395 g/mol. The van der Waals surface area contributed by atoms with E-state index in [2.05, 4.69) is 51.9 Å². The van der Waals surface area contributed by atoms with E-state index >= 15 is 0 Å². The van der Waals surface area contributed by atoms with Crippen molar-refractivity contribution in [2.75, 3.05) is 18.0 Å². The van der Waals surface area contributed by atoms with Crippen LogP contribution in [0.15, 0.2) is 18.2 Å². The van der Waals surface area contributed by atoms with Crippen LogP contribution < -0.4 is 10.2 Å². The fourth-order valence-corrected chi connectivity index (χ4v) is 4.97. The Hall–Kier alpha value is -0.000000000000000111. The van der Waals surface area contributed by atoms with Crippen LogP contribution in [0.2, 0.25) is 5.02 Å². The van der Waals surface area contributed by atoms with E-state index in [0.717, 1.165) is 24.0 Å². The summed E-state index contributed by atoms with van der Waals surface area (Å²) in [7, 11) is 0. The van der Waals surface area contributed by atoms with E-state index in [4.69, 9.17) is 11.6 Å². The topological polar surface area (TPSA) is 15.3 Å². The zero-order valence-electron chi connectivity index (χ0n) is 12.6. The number of rotatable bonds is 2. The maximum atomic E-state index is 6.11. The molecule has 1 aromatic rings. The van der Waals surface area contributed by atoms with Gasteiger partial charge in [0.2, 0.25) is 0 Å². The highest BCUT2D eigenvalue weighted by Crippen LogP contribution is 2.32. The average Bonchev–Trinajstić information content (AvgIpc) is 2.49. The van der Waals surface area contributed by atoms with Crippen LogP contribution in [0.3, 0.4) is 0 Å². The lowest BCUT2D eigenvalue weighted by atomic mass is 9.82. The zero-order valence-corrected chi connectivity index (χ0v) is 15.5. The lowest BCUT2D eigenvalue weighted by Gasteiger charge is -2.44. The van der Waals surface area contributed by atoms with E-state index in [1.165, 1.54) is 41.4 Å². The summed E-state index contributed by atoms with van der Waals surface area (Å²) in [4.78, 5) is 2.58. The van der Waals surface area contributed by atoms with E-state index in [0.29, 0.717) is 12.1 Å². The predicted octanol–water partition coefficient (Wildman–Crippen LogP) is 4.69. The molecule has 4 heteroatoms. The number of piperazine rings is 1. The Labute approximate surface area is 146 Å². The van der Waals surface area contributed by atoms with Crippen LogP contribution in [0.5, 0.6) is 0 Å². The maximum Gasteiger partial charge on any atom is 0.0506 e. The monoisotopic (exact) mass is 418 g/mol. The molecule has 2 nitrogen and oxygen atoms in total. The summed E-state index contributed by atoms with van der Waals surface area (Å²) < 4.78 is 1.26. The quantitative estimate of drug-likeness (QED) is 0.701. The Morgan fingerprint density at radius 1 is 1.24 bits per heavy atom. The standard InChI is InChI=1S/C17H24ClIN2/c1-12-10-20-16(13-5-3-2-4-6-13)11-21(12)17-8-7-14(18)9-15(17)19/h7-9,12-13,16,20H,2-6,10-11H2,1H3. The van der Waals surface area contributed by atoms with Crippen molar-refractivity contribution in [2.45, 2.75) is 51.1 Å². The highest BCUT2D eigenvalue weighted by molar-refractivity contribution is 14.1.